The third-order valence-corrected chi connectivity index (χ3v) is 10.4. The Labute approximate surface area is 285 Å². The zero-order valence-electron chi connectivity index (χ0n) is 27.3. The number of anilines is 1. The number of fused-ring (bicyclic) bond motifs is 4. The number of hydrogen-bond acceptors (Lipinski definition) is 5. The smallest absolute Gasteiger partial charge is 0.409 e. The molecule has 3 aliphatic rings. The molecule has 0 atom stereocenters. The Morgan fingerprint density at radius 1 is 0.816 bits per heavy atom. The van der Waals surface area contributed by atoms with Crippen LogP contribution in [0.2, 0.25) is 0 Å². The Morgan fingerprint density at radius 3 is 2.24 bits per heavy atom. The standard InChI is InChI=1S/C40H39N5O4/c46-38(20-28-10-7-9-26-8-1-2-11-31(26)28)43-37-23-45(25-41-37)30-21-29(22-30)42-39(47)27-16-18-44(19-17-27)40(48)49-24-36-34-14-5-3-12-32(34)33-13-4-6-15-35(33)36/h1-15,23,25,27,29-30,36H,16-22,24H2,(H,42,47)(H,43,46). The van der Waals surface area contributed by atoms with E-state index in [2.05, 4.69) is 39.9 Å². The van der Waals surface area contributed by atoms with Crippen molar-refractivity contribution in [1.29, 1.82) is 0 Å². The van der Waals surface area contributed by atoms with Crippen molar-refractivity contribution in [2.24, 2.45) is 5.92 Å². The molecule has 49 heavy (non-hydrogen) atoms. The molecule has 1 saturated heterocycles. The first-order chi connectivity index (χ1) is 24.0. The second kappa shape index (κ2) is 13.2. The molecular formula is C40H39N5O4. The van der Waals surface area contributed by atoms with Gasteiger partial charge in [-0.2, -0.15) is 0 Å². The number of carbonyl (C=O) groups excluding carboxylic acids is 3. The summed E-state index contributed by atoms with van der Waals surface area (Å²) in [4.78, 5) is 45.1. The molecule has 2 N–H and O–H groups in total. The molecular weight excluding hydrogens is 614 g/mol. The van der Waals surface area contributed by atoms with Gasteiger partial charge < -0.3 is 24.8 Å². The van der Waals surface area contributed by atoms with Gasteiger partial charge in [-0.3, -0.25) is 9.59 Å². The molecule has 1 aromatic heterocycles. The van der Waals surface area contributed by atoms with Crippen molar-refractivity contribution in [3.63, 3.8) is 0 Å². The van der Waals surface area contributed by atoms with Gasteiger partial charge in [-0.15, -0.1) is 0 Å². The van der Waals surface area contributed by atoms with Crippen LogP contribution in [0.15, 0.2) is 104 Å². The van der Waals surface area contributed by atoms with Gasteiger partial charge in [-0.05, 0) is 64.3 Å². The fraction of sp³-hybridized carbons (Fsp3) is 0.300. The number of ether oxygens (including phenoxy) is 1. The van der Waals surface area contributed by atoms with E-state index in [4.69, 9.17) is 4.74 Å². The molecule has 0 unspecified atom stereocenters. The highest BCUT2D eigenvalue weighted by Gasteiger charge is 2.35. The number of likely N-dealkylation sites (tertiary alicyclic amines) is 1. The van der Waals surface area contributed by atoms with Crippen molar-refractivity contribution >= 4 is 34.5 Å². The summed E-state index contributed by atoms with van der Waals surface area (Å²) in [6, 6.07) is 31.0. The third kappa shape index (κ3) is 6.28. The van der Waals surface area contributed by atoms with E-state index in [0.717, 1.165) is 29.2 Å². The minimum absolute atomic E-state index is 0.0272. The molecule has 0 radical (unpaired) electrons. The summed E-state index contributed by atoms with van der Waals surface area (Å²) >= 11 is 0. The van der Waals surface area contributed by atoms with Crippen molar-refractivity contribution in [2.75, 3.05) is 25.0 Å². The van der Waals surface area contributed by atoms with Crippen molar-refractivity contribution in [3.8, 4) is 11.1 Å². The lowest BCUT2D eigenvalue weighted by Crippen LogP contribution is -2.49. The van der Waals surface area contributed by atoms with Gasteiger partial charge >= 0.3 is 6.09 Å². The van der Waals surface area contributed by atoms with Crippen LogP contribution in [-0.4, -0.2) is 58.1 Å². The maximum absolute atomic E-state index is 13.1. The summed E-state index contributed by atoms with van der Waals surface area (Å²) in [6.07, 6.45) is 6.43. The number of aromatic nitrogens is 2. The van der Waals surface area contributed by atoms with Gasteiger partial charge in [0.15, 0.2) is 5.82 Å². The van der Waals surface area contributed by atoms with Crippen LogP contribution in [0.3, 0.4) is 0 Å². The van der Waals surface area contributed by atoms with Gasteiger partial charge in [0.1, 0.15) is 6.61 Å². The lowest BCUT2D eigenvalue weighted by atomic mass is 9.85. The minimum atomic E-state index is -0.313. The van der Waals surface area contributed by atoms with E-state index in [1.807, 2.05) is 77.5 Å². The molecule has 8 rings (SSSR count). The monoisotopic (exact) mass is 653 g/mol. The molecule has 9 heteroatoms. The predicted octanol–water partition coefficient (Wildman–Crippen LogP) is 6.70. The molecule has 0 bridgehead atoms. The third-order valence-electron chi connectivity index (χ3n) is 10.4. The number of carbonyl (C=O) groups is 3. The quantitative estimate of drug-likeness (QED) is 0.194. The topological polar surface area (TPSA) is 106 Å². The Kier molecular flexibility index (Phi) is 8.33. The highest BCUT2D eigenvalue weighted by Crippen LogP contribution is 2.44. The van der Waals surface area contributed by atoms with Gasteiger partial charge in [-0.25, -0.2) is 9.78 Å². The summed E-state index contributed by atoms with van der Waals surface area (Å²) in [5.41, 5.74) is 5.78. The first kappa shape index (κ1) is 30.9. The molecule has 0 spiro atoms. The number of nitrogens with zero attached hydrogens (tertiary/aromatic N) is 3. The van der Waals surface area contributed by atoms with Crippen LogP contribution in [0.5, 0.6) is 0 Å². The maximum Gasteiger partial charge on any atom is 0.409 e. The number of piperidine rings is 1. The van der Waals surface area contributed by atoms with Crippen molar-refractivity contribution in [3.05, 3.63) is 120 Å². The fourth-order valence-corrected chi connectivity index (χ4v) is 7.69. The average Bonchev–Trinajstić information content (AvgIpc) is 3.70. The summed E-state index contributed by atoms with van der Waals surface area (Å²) in [6.45, 7) is 1.31. The molecule has 9 nitrogen and oxygen atoms in total. The number of rotatable bonds is 8. The van der Waals surface area contributed by atoms with Crippen LogP contribution in [0.1, 0.15) is 54.3 Å². The highest BCUT2D eigenvalue weighted by atomic mass is 16.6. The molecule has 3 amide bonds. The fourth-order valence-electron chi connectivity index (χ4n) is 7.69. The summed E-state index contributed by atoms with van der Waals surface area (Å²) in [5, 5.41) is 8.34. The van der Waals surface area contributed by atoms with Crippen molar-refractivity contribution in [2.45, 2.75) is 50.1 Å². The zero-order valence-corrected chi connectivity index (χ0v) is 27.3. The van der Waals surface area contributed by atoms with E-state index >= 15 is 0 Å². The Hall–Kier alpha value is -5.44. The van der Waals surface area contributed by atoms with Gasteiger partial charge in [-0.1, -0.05) is 91.0 Å². The summed E-state index contributed by atoms with van der Waals surface area (Å²) < 4.78 is 7.86. The first-order valence-corrected chi connectivity index (χ1v) is 17.2. The second-order valence-corrected chi connectivity index (χ2v) is 13.5. The Bertz CT molecular complexity index is 1970. The van der Waals surface area contributed by atoms with E-state index in [0.29, 0.717) is 38.4 Å². The Morgan fingerprint density at radius 2 is 1.49 bits per heavy atom. The Balaban J connectivity index is 0.766. The van der Waals surface area contributed by atoms with Crippen molar-refractivity contribution < 1.29 is 19.1 Å². The molecule has 1 aliphatic heterocycles. The summed E-state index contributed by atoms with van der Waals surface area (Å²) in [7, 11) is 0. The molecule has 1 saturated carbocycles. The zero-order chi connectivity index (χ0) is 33.3. The number of hydrogen-bond donors (Lipinski definition) is 2. The van der Waals surface area contributed by atoms with E-state index in [1.165, 1.54) is 22.3 Å². The minimum Gasteiger partial charge on any atom is -0.448 e. The summed E-state index contributed by atoms with van der Waals surface area (Å²) in [5.74, 6) is 0.390. The van der Waals surface area contributed by atoms with Crippen molar-refractivity contribution in [1.82, 2.24) is 19.8 Å². The first-order valence-electron chi connectivity index (χ1n) is 17.2. The SMILES string of the molecule is O=C(Cc1cccc2ccccc12)Nc1cn(C2CC(NC(=O)C3CCN(C(=O)OCC4c5ccccc5-c5ccccc54)CC3)C2)cn1. The van der Waals surface area contributed by atoms with E-state index < -0.39 is 0 Å². The average molecular weight is 654 g/mol. The number of imidazole rings is 1. The van der Waals surface area contributed by atoms with E-state index in [1.54, 1.807) is 11.2 Å². The number of amides is 3. The van der Waals surface area contributed by atoms with Crippen LogP contribution in [0, 0.1) is 5.92 Å². The normalized spacial score (nSPS) is 18.7. The van der Waals surface area contributed by atoms with E-state index in [-0.39, 0.29) is 48.2 Å². The highest BCUT2D eigenvalue weighted by molar-refractivity contribution is 5.95. The molecule has 2 aliphatic carbocycles. The number of nitrogens with one attached hydrogen (secondary N) is 2. The van der Waals surface area contributed by atoms with Crippen LogP contribution in [0.25, 0.3) is 21.9 Å². The van der Waals surface area contributed by atoms with Crippen LogP contribution in [-0.2, 0) is 20.7 Å². The van der Waals surface area contributed by atoms with Crippen LogP contribution >= 0.6 is 0 Å². The largest absolute Gasteiger partial charge is 0.448 e. The second-order valence-electron chi connectivity index (χ2n) is 13.5. The molecule has 5 aromatic rings. The number of benzene rings is 4. The van der Waals surface area contributed by atoms with Gasteiger partial charge in [0, 0.05) is 43.2 Å². The van der Waals surface area contributed by atoms with Crippen LogP contribution < -0.4 is 10.6 Å². The lowest BCUT2D eigenvalue weighted by Gasteiger charge is -2.38. The van der Waals surface area contributed by atoms with Gasteiger partial charge in [0.25, 0.3) is 0 Å². The van der Waals surface area contributed by atoms with Crippen LogP contribution in [0.4, 0.5) is 10.6 Å². The van der Waals surface area contributed by atoms with Gasteiger partial charge in [0.2, 0.25) is 11.8 Å². The van der Waals surface area contributed by atoms with Gasteiger partial charge in [0.05, 0.1) is 12.7 Å². The molecule has 248 valence electrons. The predicted molar refractivity (Wildman–Crippen MR) is 188 cm³/mol. The maximum atomic E-state index is 13.1. The molecule has 2 fully saturated rings. The van der Waals surface area contributed by atoms with E-state index in [9.17, 15) is 14.4 Å². The molecule has 2 heterocycles. The molecule has 4 aromatic carbocycles. The lowest BCUT2D eigenvalue weighted by molar-refractivity contribution is -0.128.